The van der Waals surface area contributed by atoms with Crippen LogP contribution in [0.25, 0.3) is 22.0 Å². The summed E-state index contributed by atoms with van der Waals surface area (Å²) >= 11 is 0. The summed E-state index contributed by atoms with van der Waals surface area (Å²) in [6, 6.07) is 7.04. The van der Waals surface area contributed by atoms with Crippen molar-refractivity contribution in [3.05, 3.63) is 64.2 Å². The number of aryl methyl sites for hydroxylation is 1. The fourth-order valence-electron chi connectivity index (χ4n) is 8.65. The maximum Gasteiger partial charge on any atom is 0.418 e. The first-order valence-electron chi connectivity index (χ1n) is 19.4. The molecule has 1 unspecified atom stereocenters. The quantitative estimate of drug-likeness (QED) is 0.189. The average Bonchev–Trinajstić information content (AvgIpc) is 3.68. The Morgan fingerprint density at radius 3 is 2.34 bits per heavy atom. The molecule has 0 saturated carbocycles. The number of benzene rings is 2. The number of rotatable bonds is 10. The van der Waals surface area contributed by atoms with Crippen LogP contribution in [0.2, 0.25) is 0 Å². The predicted octanol–water partition coefficient (Wildman–Crippen LogP) is 4.91. The molecule has 3 saturated heterocycles. The normalized spacial score (nSPS) is 19.3. The number of hydrogen-bond donors (Lipinski definition) is 3. The molecule has 310 valence electrons. The van der Waals surface area contributed by atoms with Crippen LogP contribution in [0.1, 0.15) is 57.1 Å². The van der Waals surface area contributed by atoms with Gasteiger partial charge in [-0.3, -0.25) is 34.5 Å². The first-order valence-corrected chi connectivity index (χ1v) is 19.4. The second-order valence-electron chi connectivity index (χ2n) is 16.1. The number of nitrogens with one attached hydrogen (secondary N) is 3. The number of aromatic amines is 1. The number of H-pyrrole nitrogens is 1. The van der Waals surface area contributed by atoms with Gasteiger partial charge in [0.05, 0.1) is 31.5 Å². The van der Waals surface area contributed by atoms with Crippen molar-refractivity contribution in [3.8, 4) is 22.6 Å². The van der Waals surface area contributed by atoms with E-state index in [1.807, 2.05) is 30.9 Å². The van der Waals surface area contributed by atoms with Crippen molar-refractivity contribution in [3.63, 3.8) is 0 Å². The number of nitrogens with zero attached hydrogens (tertiary/aromatic N) is 5. The molecule has 3 aliphatic rings. The number of halogens is 3. The molecule has 0 bridgehead atoms. The highest BCUT2D eigenvalue weighted by Crippen LogP contribution is 2.41. The number of carbonyl (C=O) groups is 3. The van der Waals surface area contributed by atoms with Crippen LogP contribution in [0.4, 0.5) is 24.5 Å². The van der Waals surface area contributed by atoms with Crippen LogP contribution in [0.3, 0.4) is 0 Å². The zero-order valence-electron chi connectivity index (χ0n) is 33.3. The van der Waals surface area contributed by atoms with Gasteiger partial charge in [0.1, 0.15) is 23.1 Å². The van der Waals surface area contributed by atoms with Gasteiger partial charge >= 0.3 is 6.18 Å². The van der Waals surface area contributed by atoms with Gasteiger partial charge in [0, 0.05) is 93.2 Å². The third-order valence-corrected chi connectivity index (χ3v) is 11.7. The minimum absolute atomic E-state index is 0.0303. The molecule has 5 heterocycles. The van der Waals surface area contributed by atoms with Gasteiger partial charge in [0.25, 0.3) is 5.56 Å². The summed E-state index contributed by atoms with van der Waals surface area (Å²) in [4.78, 5) is 56.1. The average molecular weight is 807 g/mol. The summed E-state index contributed by atoms with van der Waals surface area (Å²) in [6.07, 6.45) is 0.534. The summed E-state index contributed by atoms with van der Waals surface area (Å²) in [5.74, 6) is 0.361. The Bertz CT molecular complexity index is 2250. The van der Waals surface area contributed by atoms with Crippen molar-refractivity contribution in [2.75, 3.05) is 57.2 Å². The number of ether oxygens (including phenoxy) is 2. The molecule has 14 nitrogen and oxygen atoms in total. The van der Waals surface area contributed by atoms with Gasteiger partial charge < -0.3 is 29.2 Å². The zero-order chi connectivity index (χ0) is 41.5. The van der Waals surface area contributed by atoms with Crippen molar-refractivity contribution in [1.29, 1.82) is 0 Å². The number of anilines is 2. The molecule has 3 N–H and O–H groups in total. The molecule has 4 aromatic rings. The molecular weight excluding hydrogens is 757 g/mol. The summed E-state index contributed by atoms with van der Waals surface area (Å²) in [7, 11) is 4.90. The highest BCUT2D eigenvalue weighted by molar-refractivity contribution is 6.01. The molecule has 2 aromatic heterocycles. The van der Waals surface area contributed by atoms with Gasteiger partial charge in [0.2, 0.25) is 17.7 Å². The molecule has 3 fully saturated rings. The third kappa shape index (κ3) is 8.22. The van der Waals surface area contributed by atoms with Crippen LogP contribution >= 0.6 is 0 Å². The summed E-state index contributed by atoms with van der Waals surface area (Å²) in [6.45, 7) is 7.07. The van der Waals surface area contributed by atoms with Gasteiger partial charge in [-0.25, -0.2) is 0 Å². The van der Waals surface area contributed by atoms with Crippen molar-refractivity contribution < 1.29 is 37.0 Å². The number of carbonyl (C=O) groups excluding carboxylic acids is 3. The standard InChI is InChI=1S/C41H49F3N8O6/c1-40(2)23-50(22-29-33(57-4)17-25(18-34(29)58-5)28-21-49(3)39(56)37-27(28)20-45-48-37)14-15-52(40)36(54)16-24-10-12-51(13-11-24)32-8-6-26(19-30(32)41(42,43)44)46-31-7-9-35(53)47-38(31)55/h6,8,17-21,24,31,46H,7,9-16,22-23H2,1-5H3,(H,45,48)(H,47,53,55). The maximum absolute atomic E-state index is 14.3. The molecule has 3 amide bonds. The Hall–Kier alpha value is -5.58. The molecule has 3 aliphatic heterocycles. The Labute approximate surface area is 333 Å². The van der Waals surface area contributed by atoms with E-state index in [9.17, 15) is 32.3 Å². The van der Waals surface area contributed by atoms with Gasteiger partial charge in [-0.05, 0) is 74.9 Å². The van der Waals surface area contributed by atoms with Gasteiger partial charge in [-0.1, -0.05) is 0 Å². The Balaban J connectivity index is 0.974. The maximum atomic E-state index is 14.3. The molecule has 1 atom stereocenters. The number of alkyl halides is 3. The first kappa shape index (κ1) is 40.6. The smallest absolute Gasteiger partial charge is 0.418 e. The van der Waals surface area contributed by atoms with Crippen molar-refractivity contribution in [2.45, 2.75) is 70.3 Å². The topological polar surface area (TPSA) is 154 Å². The van der Waals surface area contributed by atoms with Crippen LogP contribution in [0.5, 0.6) is 11.5 Å². The largest absolute Gasteiger partial charge is 0.496 e. The Morgan fingerprint density at radius 1 is 1.00 bits per heavy atom. The number of piperazine rings is 1. The van der Waals surface area contributed by atoms with Crippen LogP contribution < -0.4 is 30.6 Å². The Kier molecular flexibility index (Phi) is 11.2. The SMILES string of the molecule is COc1cc(-c2cn(C)c(=O)c3[nH]ncc23)cc(OC)c1CN1CCN(C(=O)CC2CCN(c3ccc(NC4CCC(=O)NC4=O)cc3C(F)(F)F)CC2)C(C)(C)C1. The van der Waals surface area contributed by atoms with E-state index < -0.39 is 35.1 Å². The molecule has 2 aromatic carbocycles. The van der Waals surface area contributed by atoms with Gasteiger partial charge in [-0.2, -0.15) is 18.3 Å². The van der Waals surface area contributed by atoms with E-state index in [4.69, 9.17) is 9.47 Å². The number of hydrogen-bond acceptors (Lipinski definition) is 10. The third-order valence-electron chi connectivity index (χ3n) is 11.7. The van der Waals surface area contributed by atoms with E-state index in [0.717, 1.165) is 22.8 Å². The van der Waals surface area contributed by atoms with Crippen molar-refractivity contribution in [1.82, 2.24) is 29.9 Å². The minimum Gasteiger partial charge on any atom is -0.496 e. The lowest BCUT2D eigenvalue weighted by Gasteiger charge is -2.48. The number of amides is 3. The number of methoxy groups -OCH3 is 2. The minimum atomic E-state index is -4.63. The van der Waals surface area contributed by atoms with E-state index in [1.54, 1.807) is 38.6 Å². The van der Waals surface area contributed by atoms with Crippen LogP contribution in [-0.2, 0) is 34.2 Å². The lowest BCUT2D eigenvalue weighted by Crippen LogP contribution is -2.61. The molecule has 7 rings (SSSR count). The molecule has 0 aliphatic carbocycles. The van der Waals surface area contributed by atoms with Crippen molar-refractivity contribution >= 4 is 40.0 Å². The monoisotopic (exact) mass is 806 g/mol. The second-order valence-corrected chi connectivity index (χ2v) is 16.1. The fourth-order valence-corrected chi connectivity index (χ4v) is 8.65. The van der Waals surface area contributed by atoms with Crippen molar-refractivity contribution in [2.24, 2.45) is 13.0 Å². The van der Waals surface area contributed by atoms with E-state index >= 15 is 0 Å². The number of piperidine rings is 2. The molecule has 58 heavy (non-hydrogen) atoms. The van der Waals surface area contributed by atoms with Gasteiger partial charge in [-0.15, -0.1) is 0 Å². The van der Waals surface area contributed by atoms with E-state index in [2.05, 4.69) is 25.7 Å². The highest BCUT2D eigenvalue weighted by atomic mass is 19.4. The molecule has 0 radical (unpaired) electrons. The summed E-state index contributed by atoms with van der Waals surface area (Å²) in [5, 5.41) is 12.6. The fraction of sp³-hybridized carbons (Fsp3) is 0.488. The van der Waals surface area contributed by atoms with E-state index in [1.165, 1.54) is 16.7 Å². The number of aromatic nitrogens is 3. The van der Waals surface area contributed by atoms with Crippen LogP contribution in [0, 0.1) is 5.92 Å². The predicted molar refractivity (Wildman–Crippen MR) is 212 cm³/mol. The van der Waals surface area contributed by atoms with E-state index in [0.29, 0.717) is 80.9 Å². The first-order chi connectivity index (χ1) is 27.6. The molecular formula is C41H49F3N8O6. The summed E-state index contributed by atoms with van der Waals surface area (Å²) < 4.78 is 56.3. The van der Waals surface area contributed by atoms with Gasteiger partial charge in [0.15, 0.2) is 0 Å². The van der Waals surface area contributed by atoms with E-state index in [-0.39, 0.29) is 41.6 Å². The van der Waals surface area contributed by atoms with Crippen LogP contribution in [-0.4, -0.2) is 101 Å². The number of pyridine rings is 1. The van der Waals surface area contributed by atoms with Crippen LogP contribution in [0.15, 0.2) is 47.5 Å². The zero-order valence-corrected chi connectivity index (χ0v) is 33.3. The molecule has 0 spiro atoms. The molecule has 17 heteroatoms. The lowest BCUT2D eigenvalue weighted by atomic mass is 9.90. The second kappa shape index (κ2) is 16.0. The highest BCUT2D eigenvalue weighted by Gasteiger charge is 2.40. The lowest BCUT2D eigenvalue weighted by molar-refractivity contribution is -0.142. The Morgan fingerprint density at radius 2 is 1.71 bits per heavy atom. The number of fused-ring (bicyclic) bond motifs is 1. The summed E-state index contributed by atoms with van der Waals surface area (Å²) in [5.41, 5.74) is 1.61. The number of imide groups is 1.